The molecule has 0 amide bonds. The van der Waals surface area contributed by atoms with Crippen LogP contribution in [-0.2, 0) is 4.79 Å². The van der Waals surface area contributed by atoms with E-state index in [9.17, 15) is 9.90 Å². The molecule has 28 heavy (non-hydrogen) atoms. The number of carboxylic acids is 1. The van der Waals surface area contributed by atoms with Gasteiger partial charge in [-0.15, -0.1) is 0 Å². The molecule has 6 heteroatoms. The maximum absolute atomic E-state index is 11.7. The van der Waals surface area contributed by atoms with Gasteiger partial charge in [0.05, 0.1) is 16.8 Å². The molecular weight excluding hydrogens is 374 g/mol. The third kappa shape index (κ3) is 3.20. The van der Waals surface area contributed by atoms with Crippen molar-refractivity contribution in [2.75, 3.05) is 11.4 Å². The second-order valence-corrected chi connectivity index (χ2v) is 7.79. The van der Waals surface area contributed by atoms with Crippen molar-refractivity contribution in [3.8, 4) is 11.1 Å². The zero-order valence-electron chi connectivity index (χ0n) is 15.9. The zero-order chi connectivity index (χ0) is 19.8. The third-order valence-corrected chi connectivity index (χ3v) is 6.11. The number of piperidine rings is 1. The number of aliphatic carboxylic acids is 1. The lowest BCUT2D eigenvalue weighted by atomic mass is 9.89. The van der Waals surface area contributed by atoms with Crippen LogP contribution in [0.5, 0.6) is 0 Å². The summed E-state index contributed by atoms with van der Waals surface area (Å²) < 4.78 is 0. The monoisotopic (exact) mass is 395 g/mol. The van der Waals surface area contributed by atoms with E-state index in [0.717, 1.165) is 46.4 Å². The van der Waals surface area contributed by atoms with E-state index in [1.54, 1.807) is 6.33 Å². The molecule has 2 heterocycles. The average Bonchev–Trinajstić information content (AvgIpc) is 2.69. The van der Waals surface area contributed by atoms with Gasteiger partial charge in [-0.3, -0.25) is 4.79 Å². The largest absolute Gasteiger partial charge is 0.481 e. The molecule has 1 aromatic heterocycles. The zero-order valence-corrected chi connectivity index (χ0v) is 16.6. The van der Waals surface area contributed by atoms with Crippen molar-refractivity contribution in [1.82, 2.24) is 9.97 Å². The van der Waals surface area contributed by atoms with E-state index in [1.165, 1.54) is 0 Å². The Hall–Kier alpha value is -2.66. The van der Waals surface area contributed by atoms with Crippen molar-refractivity contribution >= 4 is 34.3 Å². The number of hydrogen-bond donors (Lipinski definition) is 1. The Morgan fingerprint density at radius 2 is 2.07 bits per heavy atom. The fourth-order valence-corrected chi connectivity index (χ4v) is 4.26. The first-order valence-corrected chi connectivity index (χ1v) is 9.85. The molecule has 2 aromatic carbocycles. The molecule has 0 bridgehead atoms. The normalized spacial score (nSPS) is 19.8. The molecule has 1 aliphatic rings. The lowest BCUT2D eigenvalue weighted by Gasteiger charge is -2.38. The molecule has 1 aliphatic heterocycles. The number of nitrogens with zero attached hydrogens (tertiary/aromatic N) is 3. The van der Waals surface area contributed by atoms with Crippen molar-refractivity contribution < 1.29 is 9.90 Å². The second-order valence-electron chi connectivity index (χ2n) is 7.38. The van der Waals surface area contributed by atoms with Gasteiger partial charge in [-0.25, -0.2) is 9.97 Å². The van der Waals surface area contributed by atoms with Gasteiger partial charge in [0.2, 0.25) is 0 Å². The van der Waals surface area contributed by atoms with Gasteiger partial charge in [-0.05, 0) is 55.5 Å². The summed E-state index contributed by atoms with van der Waals surface area (Å²) in [5.74, 6) is -0.364. The van der Waals surface area contributed by atoms with Gasteiger partial charge in [0.25, 0.3) is 0 Å². The third-order valence-electron chi connectivity index (χ3n) is 5.70. The van der Waals surface area contributed by atoms with Crippen LogP contribution in [0.3, 0.4) is 0 Å². The standard InChI is InChI=1S/C22H22ClN3O2/c1-13-8-9-15(11-18(13)23)17-5-3-7-19-20(17)21(25-12-24-19)26-10-4-6-16(14(26)2)22(27)28/h3,5,7-9,11-12,14,16H,4,6,10H2,1-2H3,(H,27,28). The van der Waals surface area contributed by atoms with Gasteiger partial charge in [0.15, 0.2) is 0 Å². The Bertz CT molecular complexity index is 1050. The SMILES string of the molecule is Cc1ccc(-c2cccc3ncnc(N4CCCC(C(=O)O)C4C)c23)cc1Cl. The van der Waals surface area contributed by atoms with Gasteiger partial charge < -0.3 is 10.0 Å². The molecular formula is C22H22ClN3O2. The Morgan fingerprint density at radius 1 is 1.25 bits per heavy atom. The maximum Gasteiger partial charge on any atom is 0.308 e. The van der Waals surface area contributed by atoms with E-state index in [4.69, 9.17) is 11.6 Å². The van der Waals surface area contributed by atoms with Crippen molar-refractivity contribution in [2.45, 2.75) is 32.7 Å². The van der Waals surface area contributed by atoms with Crippen LogP contribution in [0.15, 0.2) is 42.7 Å². The van der Waals surface area contributed by atoms with Crippen molar-refractivity contribution in [2.24, 2.45) is 5.92 Å². The van der Waals surface area contributed by atoms with Crippen molar-refractivity contribution in [3.05, 3.63) is 53.3 Å². The summed E-state index contributed by atoms with van der Waals surface area (Å²) in [5.41, 5.74) is 3.86. The van der Waals surface area contributed by atoms with Gasteiger partial charge in [0.1, 0.15) is 12.1 Å². The Kier molecular flexibility index (Phi) is 4.94. The number of aromatic nitrogens is 2. The van der Waals surface area contributed by atoms with E-state index in [-0.39, 0.29) is 6.04 Å². The summed E-state index contributed by atoms with van der Waals surface area (Å²) in [5, 5.41) is 11.2. The molecule has 3 aromatic rings. The topological polar surface area (TPSA) is 66.3 Å². The molecule has 4 rings (SSSR count). The van der Waals surface area contributed by atoms with Gasteiger partial charge >= 0.3 is 5.97 Å². The number of benzene rings is 2. The molecule has 0 aliphatic carbocycles. The van der Waals surface area contributed by atoms with Crippen LogP contribution in [0.2, 0.25) is 5.02 Å². The smallest absolute Gasteiger partial charge is 0.308 e. The molecule has 1 fully saturated rings. The number of aryl methyl sites for hydroxylation is 1. The summed E-state index contributed by atoms with van der Waals surface area (Å²) in [6, 6.07) is 11.8. The molecule has 0 spiro atoms. The van der Waals surface area contributed by atoms with Gasteiger partial charge in [-0.2, -0.15) is 0 Å². The van der Waals surface area contributed by atoms with Crippen LogP contribution in [0, 0.1) is 12.8 Å². The first-order valence-electron chi connectivity index (χ1n) is 9.47. The van der Waals surface area contributed by atoms with E-state index >= 15 is 0 Å². The minimum absolute atomic E-state index is 0.140. The lowest BCUT2D eigenvalue weighted by molar-refractivity contribution is -0.143. The molecule has 144 valence electrons. The first-order chi connectivity index (χ1) is 13.5. The number of carbonyl (C=O) groups is 1. The van der Waals surface area contributed by atoms with Crippen LogP contribution in [0.25, 0.3) is 22.0 Å². The number of hydrogen-bond acceptors (Lipinski definition) is 4. The Labute approximate surface area is 169 Å². The number of halogens is 1. The molecule has 2 atom stereocenters. The predicted molar refractivity (Wildman–Crippen MR) is 112 cm³/mol. The average molecular weight is 396 g/mol. The molecule has 1 N–H and O–H groups in total. The van der Waals surface area contributed by atoms with Crippen LogP contribution in [-0.4, -0.2) is 33.6 Å². The predicted octanol–water partition coefficient (Wildman–Crippen LogP) is 4.95. The maximum atomic E-state index is 11.7. The fraction of sp³-hybridized carbons (Fsp3) is 0.318. The number of rotatable bonds is 3. The van der Waals surface area contributed by atoms with E-state index in [1.807, 2.05) is 50.2 Å². The van der Waals surface area contributed by atoms with E-state index in [0.29, 0.717) is 11.4 Å². The van der Waals surface area contributed by atoms with E-state index in [2.05, 4.69) is 14.9 Å². The van der Waals surface area contributed by atoms with Gasteiger partial charge in [0, 0.05) is 17.6 Å². The van der Waals surface area contributed by atoms with Crippen molar-refractivity contribution in [3.63, 3.8) is 0 Å². The summed E-state index contributed by atoms with van der Waals surface area (Å²) in [6.07, 6.45) is 3.07. The number of carboxylic acid groups (broad SMARTS) is 1. The summed E-state index contributed by atoms with van der Waals surface area (Å²) >= 11 is 6.37. The molecule has 0 radical (unpaired) electrons. The Morgan fingerprint density at radius 3 is 2.82 bits per heavy atom. The fourth-order valence-electron chi connectivity index (χ4n) is 4.08. The minimum atomic E-state index is -0.749. The molecule has 1 saturated heterocycles. The van der Waals surface area contributed by atoms with E-state index < -0.39 is 11.9 Å². The Balaban J connectivity index is 1.90. The number of fused-ring (bicyclic) bond motifs is 1. The highest BCUT2D eigenvalue weighted by Crippen LogP contribution is 2.38. The first kappa shape index (κ1) is 18.7. The molecule has 0 saturated carbocycles. The summed E-state index contributed by atoms with van der Waals surface area (Å²) in [4.78, 5) is 22.9. The quantitative estimate of drug-likeness (QED) is 0.679. The highest BCUT2D eigenvalue weighted by atomic mass is 35.5. The minimum Gasteiger partial charge on any atom is -0.481 e. The van der Waals surface area contributed by atoms with Crippen LogP contribution >= 0.6 is 11.6 Å². The summed E-state index contributed by atoms with van der Waals surface area (Å²) in [6.45, 7) is 4.72. The highest BCUT2D eigenvalue weighted by Gasteiger charge is 2.34. The highest BCUT2D eigenvalue weighted by molar-refractivity contribution is 6.31. The van der Waals surface area contributed by atoms with Crippen LogP contribution < -0.4 is 4.90 Å². The van der Waals surface area contributed by atoms with Gasteiger partial charge in [-0.1, -0.05) is 35.9 Å². The summed E-state index contributed by atoms with van der Waals surface area (Å²) in [7, 11) is 0. The number of anilines is 1. The second kappa shape index (κ2) is 7.40. The molecule has 2 unspecified atom stereocenters. The lowest BCUT2D eigenvalue weighted by Crippen LogP contribution is -2.46. The van der Waals surface area contributed by atoms with Crippen LogP contribution in [0.1, 0.15) is 25.3 Å². The molecule has 5 nitrogen and oxygen atoms in total. The van der Waals surface area contributed by atoms with Crippen LogP contribution in [0.4, 0.5) is 5.82 Å². The van der Waals surface area contributed by atoms with Crippen molar-refractivity contribution in [1.29, 1.82) is 0 Å².